The van der Waals surface area contributed by atoms with Crippen molar-refractivity contribution in [1.82, 2.24) is 9.97 Å². The molecule has 1 aliphatic rings. The highest BCUT2D eigenvalue weighted by molar-refractivity contribution is 5.44. The zero-order valence-corrected chi connectivity index (χ0v) is 13.9. The van der Waals surface area contributed by atoms with Crippen LogP contribution in [0.5, 0.6) is 0 Å². The van der Waals surface area contributed by atoms with E-state index >= 15 is 0 Å². The molecule has 0 bridgehead atoms. The van der Waals surface area contributed by atoms with Gasteiger partial charge in [0.25, 0.3) is 0 Å². The lowest BCUT2D eigenvalue weighted by Crippen LogP contribution is -2.40. The van der Waals surface area contributed by atoms with Crippen LogP contribution in [0.15, 0.2) is 12.3 Å². The van der Waals surface area contributed by atoms with Crippen molar-refractivity contribution in [3.63, 3.8) is 0 Å². The number of hydrogen-bond acceptors (Lipinski definition) is 4. The lowest BCUT2D eigenvalue weighted by molar-refractivity contribution is 0.443. The van der Waals surface area contributed by atoms with Gasteiger partial charge in [0, 0.05) is 31.9 Å². The minimum Gasteiger partial charge on any atom is -0.356 e. The van der Waals surface area contributed by atoms with Gasteiger partial charge in [-0.05, 0) is 44.6 Å². The highest BCUT2D eigenvalue weighted by atomic mass is 15.3. The SMILES string of the molecule is CCCN(CCC)c1ccnc(N2CCCCC2CC)n1. The summed E-state index contributed by atoms with van der Waals surface area (Å²) in [5, 5.41) is 0. The average molecular weight is 290 g/mol. The predicted molar refractivity (Wildman–Crippen MR) is 90.1 cm³/mol. The van der Waals surface area contributed by atoms with Gasteiger partial charge in [0.2, 0.25) is 5.95 Å². The van der Waals surface area contributed by atoms with Crippen LogP contribution < -0.4 is 9.80 Å². The second-order valence-corrected chi connectivity index (χ2v) is 5.95. The molecule has 0 spiro atoms. The van der Waals surface area contributed by atoms with Crippen LogP contribution in [-0.2, 0) is 0 Å². The molecule has 118 valence electrons. The normalized spacial score (nSPS) is 18.8. The van der Waals surface area contributed by atoms with E-state index in [0.717, 1.165) is 44.2 Å². The molecule has 0 saturated carbocycles. The molecule has 2 rings (SSSR count). The summed E-state index contributed by atoms with van der Waals surface area (Å²) < 4.78 is 0. The van der Waals surface area contributed by atoms with Gasteiger partial charge < -0.3 is 9.80 Å². The number of nitrogens with zero attached hydrogens (tertiary/aromatic N) is 4. The maximum absolute atomic E-state index is 4.87. The van der Waals surface area contributed by atoms with Gasteiger partial charge >= 0.3 is 0 Å². The fraction of sp³-hybridized carbons (Fsp3) is 0.765. The molecule has 1 atom stereocenters. The van der Waals surface area contributed by atoms with E-state index in [1.54, 1.807) is 0 Å². The van der Waals surface area contributed by atoms with E-state index in [1.165, 1.54) is 25.7 Å². The first-order valence-corrected chi connectivity index (χ1v) is 8.64. The summed E-state index contributed by atoms with van der Waals surface area (Å²) in [4.78, 5) is 14.2. The second kappa shape index (κ2) is 8.20. The van der Waals surface area contributed by atoms with Gasteiger partial charge in [-0.3, -0.25) is 0 Å². The zero-order valence-electron chi connectivity index (χ0n) is 13.9. The van der Waals surface area contributed by atoms with Crippen LogP contribution in [0.25, 0.3) is 0 Å². The summed E-state index contributed by atoms with van der Waals surface area (Å²) in [6.45, 7) is 9.96. The summed E-state index contributed by atoms with van der Waals surface area (Å²) in [7, 11) is 0. The van der Waals surface area contributed by atoms with E-state index < -0.39 is 0 Å². The molecule has 1 aromatic heterocycles. The second-order valence-electron chi connectivity index (χ2n) is 5.95. The minimum absolute atomic E-state index is 0.611. The quantitative estimate of drug-likeness (QED) is 0.763. The van der Waals surface area contributed by atoms with E-state index in [-0.39, 0.29) is 0 Å². The van der Waals surface area contributed by atoms with E-state index in [0.29, 0.717) is 6.04 Å². The number of rotatable bonds is 7. The van der Waals surface area contributed by atoms with Crippen LogP contribution in [-0.4, -0.2) is 35.6 Å². The van der Waals surface area contributed by atoms with Gasteiger partial charge in [0.05, 0.1) is 0 Å². The average Bonchev–Trinajstić information content (AvgIpc) is 2.55. The molecule has 1 fully saturated rings. The molecule has 0 radical (unpaired) electrons. The molecule has 1 saturated heterocycles. The number of hydrogen-bond donors (Lipinski definition) is 0. The van der Waals surface area contributed by atoms with Gasteiger partial charge in [0.15, 0.2) is 0 Å². The summed E-state index contributed by atoms with van der Waals surface area (Å²) in [6, 6.07) is 2.67. The van der Waals surface area contributed by atoms with E-state index in [4.69, 9.17) is 4.98 Å². The number of anilines is 2. The Balaban J connectivity index is 2.19. The van der Waals surface area contributed by atoms with Crippen molar-refractivity contribution in [2.75, 3.05) is 29.4 Å². The van der Waals surface area contributed by atoms with Gasteiger partial charge in [-0.1, -0.05) is 20.8 Å². The number of aromatic nitrogens is 2. The number of piperidine rings is 1. The third kappa shape index (κ3) is 4.08. The molecular formula is C17H30N4. The maximum Gasteiger partial charge on any atom is 0.227 e. The first-order valence-electron chi connectivity index (χ1n) is 8.64. The molecule has 4 heteroatoms. The Morgan fingerprint density at radius 2 is 1.95 bits per heavy atom. The monoisotopic (exact) mass is 290 g/mol. The minimum atomic E-state index is 0.611. The smallest absolute Gasteiger partial charge is 0.227 e. The van der Waals surface area contributed by atoms with Crippen LogP contribution in [0, 0.1) is 0 Å². The van der Waals surface area contributed by atoms with Crippen molar-refractivity contribution in [3.05, 3.63) is 12.3 Å². The first-order chi connectivity index (χ1) is 10.3. The Morgan fingerprint density at radius 3 is 2.62 bits per heavy atom. The highest BCUT2D eigenvalue weighted by Gasteiger charge is 2.23. The molecule has 0 amide bonds. The molecule has 1 unspecified atom stereocenters. The fourth-order valence-corrected chi connectivity index (χ4v) is 3.22. The Labute approximate surface area is 129 Å². The van der Waals surface area contributed by atoms with Crippen LogP contribution in [0.1, 0.15) is 59.3 Å². The van der Waals surface area contributed by atoms with Gasteiger partial charge in [-0.15, -0.1) is 0 Å². The van der Waals surface area contributed by atoms with Crippen molar-refractivity contribution < 1.29 is 0 Å². The van der Waals surface area contributed by atoms with Gasteiger partial charge in [-0.25, -0.2) is 4.98 Å². The van der Waals surface area contributed by atoms with Crippen LogP contribution >= 0.6 is 0 Å². The Kier molecular flexibility index (Phi) is 6.27. The molecular weight excluding hydrogens is 260 g/mol. The maximum atomic E-state index is 4.87. The van der Waals surface area contributed by atoms with Crippen LogP contribution in [0.4, 0.5) is 11.8 Å². The summed E-state index contributed by atoms with van der Waals surface area (Å²) in [6.07, 6.45) is 9.29. The highest BCUT2D eigenvalue weighted by Crippen LogP contribution is 2.25. The van der Waals surface area contributed by atoms with Crippen molar-refractivity contribution in [1.29, 1.82) is 0 Å². The molecule has 1 aliphatic heterocycles. The van der Waals surface area contributed by atoms with E-state index in [1.807, 2.05) is 6.20 Å². The molecule has 21 heavy (non-hydrogen) atoms. The fourth-order valence-electron chi connectivity index (χ4n) is 3.22. The van der Waals surface area contributed by atoms with Crippen molar-refractivity contribution in [3.8, 4) is 0 Å². The molecule has 0 aliphatic carbocycles. The molecule has 1 aromatic rings. The molecule has 0 aromatic carbocycles. The molecule has 0 N–H and O–H groups in total. The first kappa shape index (κ1) is 16.1. The van der Waals surface area contributed by atoms with Gasteiger partial charge in [-0.2, -0.15) is 4.98 Å². The van der Waals surface area contributed by atoms with Gasteiger partial charge in [0.1, 0.15) is 5.82 Å². The van der Waals surface area contributed by atoms with Crippen molar-refractivity contribution >= 4 is 11.8 Å². The third-order valence-electron chi connectivity index (χ3n) is 4.29. The Hall–Kier alpha value is -1.32. The lowest BCUT2D eigenvalue weighted by Gasteiger charge is -2.35. The predicted octanol–water partition coefficient (Wildman–Crippen LogP) is 3.87. The third-order valence-corrected chi connectivity index (χ3v) is 4.29. The summed E-state index contributed by atoms with van der Waals surface area (Å²) >= 11 is 0. The topological polar surface area (TPSA) is 32.3 Å². The summed E-state index contributed by atoms with van der Waals surface area (Å²) in [5.41, 5.74) is 0. The van der Waals surface area contributed by atoms with Crippen molar-refractivity contribution in [2.24, 2.45) is 0 Å². The van der Waals surface area contributed by atoms with E-state index in [9.17, 15) is 0 Å². The van der Waals surface area contributed by atoms with Crippen molar-refractivity contribution in [2.45, 2.75) is 65.3 Å². The van der Waals surface area contributed by atoms with Crippen LogP contribution in [0.2, 0.25) is 0 Å². The Morgan fingerprint density at radius 1 is 1.19 bits per heavy atom. The van der Waals surface area contributed by atoms with Crippen LogP contribution in [0.3, 0.4) is 0 Å². The van der Waals surface area contributed by atoms with E-state index in [2.05, 4.69) is 41.6 Å². The zero-order chi connectivity index (χ0) is 15.1. The molecule has 2 heterocycles. The Bertz CT molecular complexity index is 415. The molecule has 4 nitrogen and oxygen atoms in total. The largest absolute Gasteiger partial charge is 0.356 e. The standard InChI is InChI=1S/C17H30N4/c1-4-12-20(13-5-2)16-10-11-18-17(19-16)21-14-8-7-9-15(21)6-3/h10-11,15H,4-9,12-14H2,1-3H3. The lowest BCUT2D eigenvalue weighted by atomic mass is 10.0. The summed E-state index contributed by atoms with van der Waals surface area (Å²) in [5.74, 6) is 2.01.